The van der Waals surface area contributed by atoms with Crippen molar-refractivity contribution >= 4 is 15.9 Å². The van der Waals surface area contributed by atoms with Gasteiger partial charge >= 0.3 is 0 Å². The van der Waals surface area contributed by atoms with Gasteiger partial charge in [-0.05, 0) is 38.1 Å². The molecule has 2 fully saturated rings. The number of carbonyl (C=O) groups is 1. The fourth-order valence-electron chi connectivity index (χ4n) is 3.46. The standard InChI is InChI=1S/C16H25N3O4S/c1-24(21,22)19-10-8-18(9-11-19)16(20)14-4-6-17(7-5-14)13-15-3-2-12-23-15/h2-3,12,14H,4-11,13H2,1H3. The van der Waals surface area contributed by atoms with Gasteiger partial charge in [-0.25, -0.2) is 8.42 Å². The first-order chi connectivity index (χ1) is 11.4. The molecule has 3 rings (SSSR count). The lowest BCUT2D eigenvalue weighted by Gasteiger charge is -2.37. The number of nitrogens with zero attached hydrogens (tertiary/aromatic N) is 3. The minimum absolute atomic E-state index is 0.0580. The highest BCUT2D eigenvalue weighted by molar-refractivity contribution is 7.88. The highest BCUT2D eigenvalue weighted by Crippen LogP contribution is 2.22. The van der Waals surface area contributed by atoms with E-state index in [-0.39, 0.29) is 11.8 Å². The normalized spacial score (nSPS) is 22.0. The van der Waals surface area contributed by atoms with E-state index in [1.807, 2.05) is 17.0 Å². The maximum atomic E-state index is 12.7. The first-order valence-electron chi connectivity index (χ1n) is 8.42. The Morgan fingerprint density at radius 3 is 2.38 bits per heavy atom. The third kappa shape index (κ3) is 4.17. The molecular weight excluding hydrogens is 330 g/mol. The van der Waals surface area contributed by atoms with E-state index in [9.17, 15) is 13.2 Å². The van der Waals surface area contributed by atoms with Gasteiger partial charge < -0.3 is 9.32 Å². The molecule has 2 aliphatic rings. The Morgan fingerprint density at radius 1 is 1.17 bits per heavy atom. The number of likely N-dealkylation sites (tertiary alicyclic amines) is 1. The van der Waals surface area contributed by atoms with Crippen molar-refractivity contribution in [1.29, 1.82) is 0 Å². The summed E-state index contributed by atoms with van der Waals surface area (Å²) in [5.74, 6) is 1.19. The Kier molecular flexibility index (Phi) is 5.27. The minimum Gasteiger partial charge on any atom is -0.468 e. The molecule has 1 amide bonds. The van der Waals surface area contributed by atoms with Crippen molar-refractivity contribution in [2.24, 2.45) is 5.92 Å². The fraction of sp³-hybridized carbons (Fsp3) is 0.688. The van der Waals surface area contributed by atoms with Crippen LogP contribution in [0.15, 0.2) is 22.8 Å². The number of sulfonamides is 1. The van der Waals surface area contributed by atoms with E-state index in [0.29, 0.717) is 26.2 Å². The molecule has 24 heavy (non-hydrogen) atoms. The summed E-state index contributed by atoms with van der Waals surface area (Å²) in [5.41, 5.74) is 0. The summed E-state index contributed by atoms with van der Waals surface area (Å²) in [7, 11) is -3.15. The maximum absolute atomic E-state index is 12.7. The number of amides is 1. The van der Waals surface area contributed by atoms with Crippen LogP contribution in [0, 0.1) is 5.92 Å². The second kappa shape index (κ2) is 7.25. The molecular formula is C16H25N3O4S. The second-order valence-electron chi connectivity index (χ2n) is 6.62. The number of carbonyl (C=O) groups excluding carboxylic acids is 1. The Morgan fingerprint density at radius 2 is 1.83 bits per heavy atom. The lowest BCUT2D eigenvalue weighted by atomic mass is 9.95. The van der Waals surface area contributed by atoms with Crippen LogP contribution in [-0.2, 0) is 21.4 Å². The highest BCUT2D eigenvalue weighted by Gasteiger charge is 2.32. The van der Waals surface area contributed by atoms with Gasteiger partial charge in [0.15, 0.2) is 0 Å². The van der Waals surface area contributed by atoms with E-state index in [1.54, 1.807) is 6.26 Å². The summed E-state index contributed by atoms with van der Waals surface area (Å²) in [5, 5.41) is 0. The molecule has 0 spiro atoms. The quantitative estimate of drug-likeness (QED) is 0.791. The molecule has 0 bridgehead atoms. The van der Waals surface area contributed by atoms with Crippen molar-refractivity contribution in [3.63, 3.8) is 0 Å². The van der Waals surface area contributed by atoms with Gasteiger partial charge in [-0.3, -0.25) is 9.69 Å². The Labute approximate surface area is 143 Å². The molecule has 134 valence electrons. The smallest absolute Gasteiger partial charge is 0.225 e. The largest absolute Gasteiger partial charge is 0.468 e. The molecule has 0 radical (unpaired) electrons. The van der Waals surface area contributed by atoms with Crippen LogP contribution >= 0.6 is 0 Å². The number of piperidine rings is 1. The predicted molar refractivity (Wildman–Crippen MR) is 89.7 cm³/mol. The molecule has 0 aliphatic carbocycles. The van der Waals surface area contributed by atoms with Crippen LogP contribution in [0.1, 0.15) is 18.6 Å². The van der Waals surface area contributed by atoms with E-state index in [2.05, 4.69) is 4.90 Å². The molecule has 7 nitrogen and oxygen atoms in total. The molecule has 0 atom stereocenters. The Balaban J connectivity index is 1.46. The average Bonchev–Trinajstić information content (AvgIpc) is 3.07. The second-order valence-corrected chi connectivity index (χ2v) is 8.60. The van der Waals surface area contributed by atoms with Gasteiger partial charge in [0.25, 0.3) is 0 Å². The van der Waals surface area contributed by atoms with Crippen LogP contribution in [0.4, 0.5) is 0 Å². The number of piperazine rings is 1. The van der Waals surface area contributed by atoms with Crippen LogP contribution < -0.4 is 0 Å². The average molecular weight is 355 g/mol. The summed E-state index contributed by atoms with van der Waals surface area (Å²) < 4.78 is 29.9. The Hall–Kier alpha value is -1.38. The number of hydrogen-bond donors (Lipinski definition) is 0. The van der Waals surface area contributed by atoms with Crippen molar-refractivity contribution < 1.29 is 17.6 Å². The van der Waals surface area contributed by atoms with Crippen molar-refractivity contribution in [3.8, 4) is 0 Å². The zero-order valence-electron chi connectivity index (χ0n) is 14.1. The SMILES string of the molecule is CS(=O)(=O)N1CCN(C(=O)C2CCN(Cc3ccco3)CC2)CC1. The van der Waals surface area contributed by atoms with E-state index in [0.717, 1.165) is 38.2 Å². The summed E-state index contributed by atoms with van der Waals surface area (Å²) in [6.07, 6.45) is 4.61. The van der Waals surface area contributed by atoms with Gasteiger partial charge in [0, 0.05) is 32.1 Å². The molecule has 0 unspecified atom stereocenters. The zero-order chi connectivity index (χ0) is 17.2. The van der Waals surface area contributed by atoms with Crippen molar-refractivity contribution in [2.75, 3.05) is 45.5 Å². The fourth-order valence-corrected chi connectivity index (χ4v) is 4.29. The molecule has 0 N–H and O–H groups in total. The molecule has 3 heterocycles. The number of hydrogen-bond acceptors (Lipinski definition) is 5. The summed E-state index contributed by atoms with van der Waals surface area (Å²) in [4.78, 5) is 16.8. The van der Waals surface area contributed by atoms with Crippen LogP contribution in [-0.4, -0.2) is 74.0 Å². The van der Waals surface area contributed by atoms with Gasteiger partial charge in [0.2, 0.25) is 15.9 Å². The van der Waals surface area contributed by atoms with Gasteiger partial charge in [-0.15, -0.1) is 0 Å². The van der Waals surface area contributed by atoms with Crippen molar-refractivity contribution in [3.05, 3.63) is 24.2 Å². The van der Waals surface area contributed by atoms with Crippen LogP contribution in [0.2, 0.25) is 0 Å². The monoisotopic (exact) mass is 355 g/mol. The van der Waals surface area contributed by atoms with E-state index in [4.69, 9.17) is 4.42 Å². The van der Waals surface area contributed by atoms with Gasteiger partial charge in [-0.1, -0.05) is 0 Å². The van der Waals surface area contributed by atoms with Gasteiger partial charge in [0.1, 0.15) is 5.76 Å². The summed E-state index contributed by atoms with van der Waals surface area (Å²) in [6, 6.07) is 3.86. The first-order valence-corrected chi connectivity index (χ1v) is 10.3. The first kappa shape index (κ1) is 17.4. The van der Waals surface area contributed by atoms with Gasteiger partial charge in [-0.2, -0.15) is 4.31 Å². The van der Waals surface area contributed by atoms with Crippen LogP contribution in [0.25, 0.3) is 0 Å². The van der Waals surface area contributed by atoms with Crippen molar-refractivity contribution in [1.82, 2.24) is 14.1 Å². The zero-order valence-corrected chi connectivity index (χ0v) is 14.9. The third-order valence-corrected chi connectivity index (χ3v) is 6.22. The predicted octanol–water partition coefficient (Wildman–Crippen LogP) is 0.595. The van der Waals surface area contributed by atoms with Crippen LogP contribution in [0.3, 0.4) is 0 Å². The lowest BCUT2D eigenvalue weighted by molar-refractivity contribution is -0.138. The third-order valence-electron chi connectivity index (χ3n) is 4.92. The Bertz CT molecular complexity index is 643. The van der Waals surface area contributed by atoms with E-state index >= 15 is 0 Å². The highest BCUT2D eigenvalue weighted by atomic mass is 32.2. The summed E-state index contributed by atoms with van der Waals surface area (Å²) >= 11 is 0. The minimum atomic E-state index is -3.15. The summed E-state index contributed by atoms with van der Waals surface area (Å²) in [6.45, 7) is 4.38. The van der Waals surface area contributed by atoms with Crippen molar-refractivity contribution in [2.45, 2.75) is 19.4 Å². The van der Waals surface area contributed by atoms with E-state index in [1.165, 1.54) is 10.6 Å². The lowest BCUT2D eigenvalue weighted by Crippen LogP contribution is -2.52. The maximum Gasteiger partial charge on any atom is 0.225 e. The number of rotatable bonds is 4. The molecule has 8 heteroatoms. The molecule has 1 aromatic heterocycles. The topological polar surface area (TPSA) is 74.1 Å². The van der Waals surface area contributed by atoms with E-state index < -0.39 is 10.0 Å². The molecule has 1 aromatic rings. The molecule has 0 aromatic carbocycles. The number of furan rings is 1. The molecule has 0 saturated carbocycles. The van der Waals surface area contributed by atoms with Gasteiger partial charge in [0.05, 0.1) is 19.1 Å². The van der Waals surface area contributed by atoms with Crippen LogP contribution in [0.5, 0.6) is 0 Å². The molecule has 2 aliphatic heterocycles. The molecule has 2 saturated heterocycles.